The van der Waals surface area contributed by atoms with Crippen molar-refractivity contribution >= 4 is 15.7 Å². The molecule has 0 spiro atoms. The van der Waals surface area contributed by atoms with Crippen LogP contribution in [0.15, 0.2) is 18.3 Å². The topological polar surface area (TPSA) is 71.1 Å². The van der Waals surface area contributed by atoms with Crippen LogP contribution in [0.25, 0.3) is 0 Å². The molecule has 1 aromatic heterocycles. The van der Waals surface area contributed by atoms with Gasteiger partial charge < -0.3 is 5.32 Å². The van der Waals surface area contributed by atoms with Gasteiger partial charge >= 0.3 is 0 Å². The SMILES string of the molecule is Cc1ccc(NS(=O)(=O)CCC2CCCCN2)cn1. The van der Waals surface area contributed by atoms with Crippen LogP contribution in [0.5, 0.6) is 0 Å². The second-order valence-corrected chi connectivity index (χ2v) is 6.89. The van der Waals surface area contributed by atoms with Gasteiger partial charge in [0.25, 0.3) is 0 Å². The summed E-state index contributed by atoms with van der Waals surface area (Å²) in [6.07, 6.45) is 5.66. The summed E-state index contributed by atoms with van der Waals surface area (Å²) in [5.74, 6) is 0.151. The third-order valence-corrected chi connectivity index (χ3v) is 4.65. The van der Waals surface area contributed by atoms with E-state index >= 15 is 0 Å². The zero-order valence-corrected chi connectivity index (χ0v) is 12.0. The zero-order valence-electron chi connectivity index (χ0n) is 11.2. The van der Waals surface area contributed by atoms with E-state index < -0.39 is 10.0 Å². The molecule has 106 valence electrons. The van der Waals surface area contributed by atoms with Crippen LogP contribution in [0.1, 0.15) is 31.4 Å². The largest absolute Gasteiger partial charge is 0.314 e. The first-order valence-electron chi connectivity index (χ1n) is 6.72. The molecule has 5 nitrogen and oxygen atoms in total. The Morgan fingerprint density at radius 1 is 1.42 bits per heavy atom. The van der Waals surface area contributed by atoms with E-state index in [4.69, 9.17) is 0 Å². The fourth-order valence-corrected chi connectivity index (χ4v) is 3.40. The summed E-state index contributed by atoms with van der Waals surface area (Å²) < 4.78 is 26.5. The molecule has 1 aliphatic heterocycles. The lowest BCUT2D eigenvalue weighted by atomic mass is 10.0. The Labute approximate surface area is 114 Å². The molecular formula is C13H21N3O2S. The van der Waals surface area contributed by atoms with Crippen molar-refractivity contribution in [3.63, 3.8) is 0 Å². The molecule has 1 atom stereocenters. The van der Waals surface area contributed by atoms with E-state index in [-0.39, 0.29) is 5.75 Å². The van der Waals surface area contributed by atoms with E-state index in [1.807, 2.05) is 6.92 Å². The maximum absolute atomic E-state index is 12.0. The highest BCUT2D eigenvalue weighted by Gasteiger charge is 2.17. The molecule has 0 radical (unpaired) electrons. The standard InChI is InChI=1S/C13H21N3O2S/c1-11-5-6-13(10-15-11)16-19(17,18)9-7-12-4-2-3-8-14-12/h5-6,10,12,14,16H,2-4,7-9H2,1H3. The van der Waals surface area contributed by atoms with Crippen LogP contribution in [0.3, 0.4) is 0 Å². The first-order chi connectivity index (χ1) is 9.05. The van der Waals surface area contributed by atoms with Gasteiger partial charge in [-0.15, -0.1) is 0 Å². The molecule has 1 fully saturated rings. The number of hydrogen-bond acceptors (Lipinski definition) is 4. The van der Waals surface area contributed by atoms with Crippen molar-refractivity contribution in [1.82, 2.24) is 10.3 Å². The number of nitrogens with one attached hydrogen (secondary N) is 2. The molecule has 1 aromatic rings. The summed E-state index contributed by atoms with van der Waals surface area (Å²) in [4.78, 5) is 4.07. The Morgan fingerprint density at radius 2 is 2.26 bits per heavy atom. The number of pyridine rings is 1. The third kappa shape index (κ3) is 4.80. The molecule has 1 unspecified atom stereocenters. The van der Waals surface area contributed by atoms with Gasteiger partial charge in [0.2, 0.25) is 10.0 Å². The fraction of sp³-hybridized carbons (Fsp3) is 0.615. The Hall–Kier alpha value is -1.14. The molecule has 0 saturated carbocycles. The Balaban J connectivity index is 1.85. The van der Waals surface area contributed by atoms with E-state index in [0.29, 0.717) is 18.2 Å². The van der Waals surface area contributed by atoms with Crippen LogP contribution in [0.2, 0.25) is 0 Å². The molecule has 19 heavy (non-hydrogen) atoms. The van der Waals surface area contributed by atoms with Crippen molar-refractivity contribution in [3.05, 3.63) is 24.0 Å². The first kappa shape index (κ1) is 14.3. The highest BCUT2D eigenvalue weighted by molar-refractivity contribution is 7.92. The van der Waals surface area contributed by atoms with E-state index in [1.54, 1.807) is 18.3 Å². The maximum Gasteiger partial charge on any atom is 0.232 e. The van der Waals surface area contributed by atoms with Crippen molar-refractivity contribution in [2.45, 2.75) is 38.6 Å². The van der Waals surface area contributed by atoms with Crippen molar-refractivity contribution in [3.8, 4) is 0 Å². The Bertz CT molecular complexity index is 493. The molecule has 6 heteroatoms. The molecule has 1 aliphatic rings. The second kappa shape index (κ2) is 6.34. The van der Waals surface area contributed by atoms with Gasteiger partial charge in [0.05, 0.1) is 17.6 Å². The van der Waals surface area contributed by atoms with Gasteiger partial charge in [-0.2, -0.15) is 0 Å². The maximum atomic E-state index is 12.0. The summed E-state index contributed by atoms with van der Waals surface area (Å²) in [7, 11) is -3.28. The van der Waals surface area contributed by atoms with Gasteiger partial charge in [-0.3, -0.25) is 9.71 Å². The lowest BCUT2D eigenvalue weighted by molar-refractivity contribution is 0.393. The number of anilines is 1. The minimum Gasteiger partial charge on any atom is -0.314 e. The molecule has 1 saturated heterocycles. The van der Waals surface area contributed by atoms with Gasteiger partial charge in [0, 0.05) is 11.7 Å². The minimum absolute atomic E-state index is 0.151. The van der Waals surface area contributed by atoms with Crippen molar-refractivity contribution in [1.29, 1.82) is 0 Å². The Morgan fingerprint density at radius 3 is 2.89 bits per heavy atom. The molecule has 0 aliphatic carbocycles. The zero-order chi connectivity index (χ0) is 13.7. The molecule has 2 rings (SSSR count). The number of sulfonamides is 1. The summed E-state index contributed by atoms with van der Waals surface area (Å²) >= 11 is 0. The van der Waals surface area contributed by atoms with Gasteiger partial charge in [0.1, 0.15) is 0 Å². The molecule has 2 N–H and O–H groups in total. The summed E-state index contributed by atoms with van der Waals surface area (Å²) in [6, 6.07) is 3.86. The molecule has 0 aromatic carbocycles. The highest BCUT2D eigenvalue weighted by Crippen LogP contribution is 2.13. The van der Waals surface area contributed by atoms with Crippen molar-refractivity contribution in [2.75, 3.05) is 17.0 Å². The minimum atomic E-state index is -3.28. The number of hydrogen-bond donors (Lipinski definition) is 2. The van der Waals surface area contributed by atoms with Gasteiger partial charge in [-0.05, 0) is 44.9 Å². The van der Waals surface area contributed by atoms with E-state index in [1.165, 1.54) is 12.8 Å². The quantitative estimate of drug-likeness (QED) is 0.862. The predicted octanol–water partition coefficient (Wildman–Crippen LogP) is 1.66. The molecule has 0 bridgehead atoms. The second-order valence-electron chi connectivity index (χ2n) is 5.04. The van der Waals surface area contributed by atoms with E-state index in [0.717, 1.165) is 18.7 Å². The highest BCUT2D eigenvalue weighted by atomic mass is 32.2. The molecular weight excluding hydrogens is 262 g/mol. The van der Waals surface area contributed by atoms with Gasteiger partial charge in [0.15, 0.2) is 0 Å². The monoisotopic (exact) mass is 283 g/mol. The average Bonchev–Trinajstić information content (AvgIpc) is 2.40. The number of rotatable bonds is 5. The van der Waals surface area contributed by atoms with Crippen molar-refractivity contribution < 1.29 is 8.42 Å². The third-order valence-electron chi connectivity index (χ3n) is 3.33. The van der Waals surface area contributed by atoms with Crippen LogP contribution in [0, 0.1) is 6.92 Å². The average molecular weight is 283 g/mol. The van der Waals surface area contributed by atoms with Gasteiger partial charge in [-0.1, -0.05) is 6.42 Å². The van der Waals surface area contributed by atoms with Crippen LogP contribution in [-0.4, -0.2) is 31.7 Å². The van der Waals surface area contributed by atoms with Crippen LogP contribution < -0.4 is 10.0 Å². The number of piperidine rings is 1. The number of aryl methyl sites for hydroxylation is 1. The lowest BCUT2D eigenvalue weighted by Crippen LogP contribution is -2.36. The smallest absolute Gasteiger partial charge is 0.232 e. The normalized spacial score (nSPS) is 20.2. The summed E-state index contributed by atoms with van der Waals surface area (Å²) in [5, 5.41) is 3.36. The predicted molar refractivity (Wildman–Crippen MR) is 76.6 cm³/mol. The lowest BCUT2D eigenvalue weighted by Gasteiger charge is -2.23. The van der Waals surface area contributed by atoms with E-state index in [9.17, 15) is 8.42 Å². The van der Waals surface area contributed by atoms with Crippen LogP contribution in [0.4, 0.5) is 5.69 Å². The molecule has 0 amide bonds. The first-order valence-corrected chi connectivity index (χ1v) is 8.37. The molecule has 2 heterocycles. The number of nitrogens with zero attached hydrogens (tertiary/aromatic N) is 1. The summed E-state index contributed by atoms with van der Waals surface area (Å²) in [5.41, 5.74) is 1.40. The van der Waals surface area contributed by atoms with Crippen LogP contribution >= 0.6 is 0 Å². The number of aromatic nitrogens is 1. The van der Waals surface area contributed by atoms with Gasteiger partial charge in [-0.25, -0.2) is 8.42 Å². The Kier molecular flexibility index (Phi) is 4.76. The van der Waals surface area contributed by atoms with Crippen LogP contribution in [-0.2, 0) is 10.0 Å². The van der Waals surface area contributed by atoms with E-state index in [2.05, 4.69) is 15.0 Å². The summed E-state index contributed by atoms with van der Waals surface area (Å²) in [6.45, 7) is 2.87. The fourth-order valence-electron chi connectivity index (χ4n) is 2.23. The van der Waals surface area contributed by atoms with Crippen molar-refractivity contribution in [2.24, 2.45) is 0 Å².